The molecule has 0 aromatic heterocycles. The van der Waals surface area contributed by atoms with Crippen LogP contribution in [0.1, 0.15) is 25.8 Å². The molecule has 1 aromatic rings. The molecule has 5 nitrogen and oxygen atoms in total. The summed E-state index contributed by atoms with van der Waals surface area (Å²) in [6, 6.07) is 6.29. The number of benzene rings is 1. The zero-order valence-corrected chi connectivity index (χ0v) is 15.2. The second-order valence-electron chi connectivity index (χ2n) is 6.16. The molecule has 0 bridgehead atoms. The highest BCUT2D eigenvalue weighted by Crippen LogP contribution is 2.25. The molecule has 0 aliphatic carbocycles. The summed E-state index contributed by atoms with van der Waals surface area (Å²) in [5.41, 5.74) is 1.46. The van der Waals surface area contributed by atoms with Gasteiger partial charge in [-0.15, -0.1) is 12.4 Å². The molecule has 142 valence electrons. The summed E-state index contributed by atoms with van der Waals surface area (Å²) in [5.74, 6) is -3.27. The van der Waals surface area contributed by atoms with Crippen LogP contribution < -0.4 is 10.6 Å². The van der Waals surface area contributed by atoms with E-state index in [1.54, 1.807) is 18.2 Å². The van der Waals surface area contributed by atoms with Gasteiger partial charge in [0, 0.05) is 12.1 Å². The molecule has 2 rings (SSSR count). The zero-order chi connectivity index (χ0) is 17.6. The van der Waals surface area contributed by atoms with Gasteiger partial charge < -0.3 is 14.8 Å². The number of hydrogen-bond donors (Lipinski definition) is 2. The van der Waals surface area contributed by atoms with Gasteiger partial charge in [-0.2, -0.15) is 0 Å². The van der Waals surface area contributed by atoms with Crippen molar-refractivity contribution in [1.82, 2.24) is 5.32 Å². The topological polar surface area (TPSA) is 59.6 Å². The third kappa shape index (κ3) is 7.64. The van der Waals surface area contributed by atoms with Gasteiger partial charge >= 0.3 is 0 Å². The van der Waals surface area contributed by atoms with Gasteiger partial charge in [0.2, 0.25) is 5.91 Å². The Morgan fingerprint density at radius 3 is 2.80 bits per heavy atom. The molecule has 0 radical (unpaired) electrons. The first-order chi connectivity index (χ1) is 11.4. The number of amides is 1. The summed E-state index contributed by atoms with van der Waals surface area (Å²) in [6.07, 6.45) is -0.305. The first kappa shape index (κ1) is 21.8. The number of halogens is 3. The fourth-order valence-corrected chi connectivity index (χ4v) is 2.40. The van der Waals surface area contributed by atoms with Crippen LogP contribution in [-0.4, -0.2) is 43.7 Å². The maximum Gasteiger partial charge on any atom is 0.262 e. The molecule has 1 amide bonds. The number of nitrogens with one attached hydrogen (secondary N) is 2. The van der Waals surface area contributed by atoms with E-state index in [2.05, 4.69) is 10.6 Å². The van der Waals surface area contributed by atoms with E-state index in [1.165, 1.54) is 0 Å². The van der Waals surface area contributed by atoms with Gasteiger partial charge in [0.25, 0.3) is 5.92 Å². The molecule has 1 aliphatic rings. The maximum atomic E-state index is 13.1. The number of rotatable bonds is 8. The smallest absolute Gasteiger partial charge is 0.262 e. The van der Waals surface area contributed by atoms with E-state index < -0.39 is 30.8 Å². The molecule has 1 atom stereocenters. The van der Waals surface area contributed by atoms with Gasteiger partial charge in [-0.25, -0.2) is 8.78 Å². The molecule has 1 aliphatic heterocycles. The van der Waals surface area contributed by atoms with Crippen LogP contribution in [0.2, 0.25) is 0 Å². The largest absolute Gasteiger partial charge is 0.376 e. The van der Waals surface area contributed by atoms with Crippen LogP contribution in [0.3, 0.4) is 0 Å². The van der Waals surface area contributed by atoms with Gasteiger partial charge in [-0.1, -0.05) is 12.1 Å². The molecule has 1 heterocycles. The van der Waals surface area contributed by atoms with E-state index in [9.17, 15) is 13.6 Å². The molecule has 1 fully saturated rings. The Bertz CT molecular complexity index is 558. The first-order valence-corrected chi connectivity index (χ1v) is 8.06. The highest BCUT2D eigenvalue weighted by atomic mass is 35.5. The van der Waals surface area contributed by atoms with E-state index in [0.29, 0.717) is 25.5 Å². The fourth-order valence-electron chi connectivity index (χ4n) is 2.40. The number of carbonyl (C=O) groups is 1. The summed E-state index contributed by atoms with van der Waals surface area (Å²) in [5, 5.41) is 5.20. The number of ether oxygens (including phenoxy) is 2. The third-order valence-corrected chi connectivity index (χ3v) is 3.57. The van der Waals surface area contributed by atoms with Crippen LogP contribution >= 0.6 is 12.4 Å². The van der Waals surface area contributed by atoms with Gasteiger partial charge in [0.1, 0.15) is 0 Å². The normalized spacial score (nSPS) is 18.8. The average molecular weight is 379 g/mol. The van der Waals surface area contributed by atoms with Gasteiger partial charge in [-0.3, -0.25) is 10.1 Å². The number of carbonyl (C=O) groups excluding carboxylic acids is 1. The van der Waals surface area contributed by atoms with Crippen molar-refractivity contribution in [2.24, 2.45) is 0 Å². The summed E-state index contributed by atoms with van der Waals surface area (Å²) in [6.45, 7) is 4.86. The highest BCUT2D eigenvalue weighted by molar-refractivity contribution is 5.95. The Labute approximate surface area is 152 Å². The van der Waals surface area contributed by atoms with Gasteiger partial charge in [0.05, 0.1) is 38.5 Å². The van der Waals surface area contributed by atoms with Crippen molar-refractivity contribution in [2.45, 2.75) is 44.9 Å². The SMILES string of the molecule is CC(C)OCCOCc1cccc(NC(=O)C2CC(F)(F)CN2)c1.Cl. The molecular formula is C17H25ClF2N2O3. The van der Waals surface area contributed by atoms with Crippen molar-refractivity contribution in [1.29, 1.82) is 0 Å². The number of alkyl halides is 2. The van der Waals surface area contributed by atoms with E-state index in [1.807, 2.05) is 19.9 Å². The maximum absolute atomic E-state index is 13.1. The molecular weight excluding hydrogens is 354 g/mol. The lowest BCUT2D eigenvalue weighted by atomic mass is 10.1. The highest BCUT2D eigenvalue weighted by Gasteiger charge is 2.42. The van der Waals surface area contributed by atoms with Crippen LogP contribution in [0, 0.1) is 0 Å². The summed E-state index contributed by atoms with van der Waals surface area (Å²) in [4.78, 5) is 12.0. The van der Waals surface area contributed by atoms with Crippen LogP contribution in [0.15, 0.2) is 24.3 Å². The summed E-state index contributed by atoms with van der Waals surface area (Å²) in [7, 11) is 0. The molecule has 1 saturated heterocycles. The van der Waals surface area contributed by atoms with E-state index in [-0.39, 0.29) is 18.5 Å². The predicted molar refractivity (Wildman–Crippen MR) is 94.4 cm³/mol. The second kappa shape index (κ2) is 10.0. The van der Waals surface area contributed by atoms with E-state index in [0.717, 1.165) is 5.56 Å². The third-order valence-electron chi connectivity index (χ3n) is 3.57. The standard InChI is InChI=1S/C17H24F2N2O3.ClH/c1-12(2)24-7-6-23-10-13-4-3-5-14(8-13)21-16(22)15-9-17(18,19)11-20-15;/h3-5,8,12,15,20H,6-7,9-11H2,1-2H3,(H,21,22);1H. The molecule has 0 saturated carbocycles. The molecule has 1 aromatic carbocycles. The van der Waals surface area contributed by atoms with Crippen molar-refractivity contribution >= 4 is 24.0 Å². The predicted octanol–water partition coefficient (Wildman–Crippen LogP) is 2.99. The Morgan fingerprint density at radius 2 is 2.16 bits per heavy atom. The van der Waals surface area contributed by atoms with Gasteiger partial charge in [0.15, 0.2) is 0 Å². The minimum Gasteiger partial charge on any atom is -0.376 e. The first-order valence-electron chi connectivity index (χ1n) is 8.06. The Kier molecular flexibility index (Phi) is 8.71. The lowest BCUT2D eigenvalue weighted by Crippen LogP contribution is -2.35. The Hall–Kier alpha value is -1.28. The fraction of sp³-hybridized carbons (Fsp3) is 0.588. The summed E-state index contributed by atoms with van der Waals surface area (Å²) < 4.78 is 37.2. The quantitative estimate of drug-likeness (QED) is 0.683. The lowest BCUT2D eigenvalue weighted by molar-refractivity contribution is -0.118. The minimum atomic E-state index is -2.82. The van der Waals surface area contributed by atoms with E-state index >= 15 is 0 Å². The molecule has 2 N–H and O–H groups in total. The van der Waals surface area contributed by atoms with Crippen molar-refractivity contribution in [3.8, 4) is 0 Å². The minimum absolute atomic E-state index is 0. The van der Waals surface area contributed by atoms with Crippen LogP contribution in [0.4, 0.5) is 14.5 Å². The molecule has 25 heavy (non-hydrogen) atoms. The van der Waals surface area contributed by atoms with Crippen LogP contribution in [0.5, 0.6) is 0 Å². The van der Waals surface area contributed by atoms with Crippen molar-refractivity contribution in [2.75, 3.05) is 25.1 Å². The number of hydrogen-bond acceptors (Lipinski definition) is 4. The van der Waals surface area contributed by atoms with Gasteiger partial charge in [-0.05, 0) is 31.5 Å². The van der Waals surface area contributed by atoms with Crippen molar-refractivity contribution < 1.29 is 23.0 Å². The Morgan fingerprint density at radius 1 is 1.40 bits per heavy atom. The molecule has 0 spiro atoms. The monoisotopic (exact) mass is 378 g/mol. The zero-order valence-electron chi connectivity index (χ0n) is 14.4. The second-order valence-corrected chi connectivity index (χ2v) is 6.16. The van der Waals surface area contributed by atoms with E-state index in [4.69, 9.17) is 9.47 Å². The van der Waals surface area contributed by atoms with Crippen molar-refractivity contribution in [3.05, 3.63) is 29.8 Å². The number of anilines is 1. The average Bonchev–Trinajstić information content (AvgIpc) is 2.87. The van der Waals surface area contributed by atoms with Crippen LogP contribution in [0.25, 0.3) is 0 Å². The lowest BCUT2D eigenvalue weighted by Gasteiger charge is -2.12. The van der Waals surface area contributed by atoms with Crippen molar-refractivity contribution in [3.63, 3.8) is 0 Å². The Balaban J connectivity index is 0.00000312. The molecule has 1 unspecified atom stereocenters. The summed E-state index contributed by atoms with van der Waals surface area (Å²) >= 11 is 0. The molecule has 8 heteroatoms. The van der Waals surface area contributed by atoms with Crippen LogP contribution in [-0.2, 0) is 20.9 Å².